The molecule has 7 heteroatoms. The molecule has 1 saturated carbocycles. The van der Waals surface area contributed by atoms with Crippen LogP contribution in [-0.2, 0) is 0 Å². The highest BCUT2D eigenvalue weighted by Crippen LogP contribution is 2.41. The van der Waals surface area contributed by atoms with Gasteiger partial charge in [-0.3, -0.25) is 4.79 Å². The molecular formula is C13H22N4OS2. The molecule has 0 aromatic carbocycles. The van der Waals surface area contributed by atoms with Gasteiger partial charge in [0.2, 0.25) is 0 Å². The SMILES string of the molecule is CSc1c(NCCN(C)C)sc(C(=O)NC2CC2)c1N. The Labute approximate surface area is 128 Å². The van der Waals surface area contributed by atoms with Gasteiger partial charge >= 0.3 is 0 Å². The van der Waals surface area contributed by atoms with E-state index >= 15 is 0 Å². The first kappa shape index (κ1) is 15.5. The first-order chi connectivity index (χ1) is 9.52. The van der Waals surface area contributed by atoms with E-state index in [4.69, 9.17) is 5.73 Å². The average molecular weight is 314 g/mol. The van der Waals surface area contributed by atoms with Gasteiger partial charge < -0.3 is 21.3 Å². The fraction of sp³-hybridized carbons (Fsp3) is 0.615. The van der Waals surface area contributed by atoms with Crippen LogP contribution in [0.2, 0.25) is 0 Å². The van der Waals surface area contributed by atoms with Gasteiger partial charge in [-0.15, -0.1) is 23.1 Å². The lowest BCUT2D eigenvalue weighted by molar-refractivity contribution is 0.0956. The maximum absolute atomic E-state index is 12.2. The lowest BCUT2D eigenvalue weighted by Gasteiger charge is -2.10. The van der Waals surface area contributed by atoms with Gasteiger partial charge in [0.25, 0.3) is 5.91 Å². The number of rotatable bonds is 7. The van der Waals surface area contributed by atoms with Gasteiger partial charge in [0, 0.05) is 19.1 Å². The zero-order valence-electron chi connectivity index (χ0n) is 12.2. The second-order valence-electron chi connectivity index (χ2n) is 5.19. The van der Waals surface area contributed by atoms with Crippen molar-refractivity contribution < 1.29 is 4.79 Å². The Bertz CT molecular complexity index is 483. The van der Waals surface area contributed by atoms with Crippen molar-refractivity contribution in [3.63, 3.8) is 0 Å². The largest absolute Gasteiger partial charge is 0.396 e. The quantitative estimate of drug-likeness (QED) is 0.671. The van der Waals surface area contributed by atoms with Crippen LogP contribution in [0.3, 0.4) is 0 Å². The van der Waals surface area contributed by atoms with Crippen LogP contribution >= 0.6 is 23.1 Å². The van der Waals surface area contributed by atoms with Crippen molar-refractivity contribution in [2.75, 3.05) is 44.5 Å². The van der Waals surface area contributed by atoms with Gasteiger partial charge in [-0.25, -0.2) is 0 Å². The number of amides is 1. The third kappa shape index (κ3) is 3.80. The Balaban J connectivity index is 2.08. The Morgan fingerprint density at radius 1 is 1.50 bits per heavy atom. The van der Waals surface area contributed by atoms with Crippen molar-refractivity contribution in [1.82, 2.24) is 10.2 Å². The van der Waals surface area contributed by atoms with Gasteiger partial charge in [-0.05, 0) is 33.2 Å². The molecule has 5 nitrogen and oxygen atoms in total. The van der Waals surface area contributed by atoms with E-state index in [1.54, 1.807) is 11.8 Å². The summed E-state index contributed by atoms with van der Waals surface area (Å²) in [6, 6.07) is 0.354. The highest BCUT2D eigenvalue weighted by atomic mass is 32.2. The zero-order valence-corrected chi connectivity index (χ0v) is 13.8. The van der Waals surface area contributed by atoms with Crippen LogP contribution in [0, 0.1) is 0 Å². The highest BCUT2D eigenvalue weighted by molar-refractivity contribution is 7.99. The molecule has 0 aliphatic heterocycles. The first-order valence-corrected chi connectivity index (χ1v) is 8.72. The van der Waals surface area contributed by atoms with E-state index in [1.165, 1.54) is 11.3 Å². The Hall–Kier alpha value is -0.920. The minimum absolute atomic E-state index is 0.0361. The number of nitrogens with zero attached hydrogens (tertiary/aromatic N) is 1. The summed E-state index contributed by atoms with van der Waals surface area (Å²) in [4.78, 5) is 15.9. The van der Waals surface area contributed by atoms with Crippen LogP contribution < -0.4 is 16.4 Å². The number of anilines is 2. The average Bonchev–Trinajstić information content (AvgIpc) is 3.13. The molecule has 1 aliphatic carbocycles. The first-order valence-electron chi connectivity index (χ1n) is 6.68. The molecule has 0 spiro atoms. The highest BCUT2D eigenvalue weighted by Gasteiger charge is 2.27. The number of nitrogens with one attached hydrogen (secondary N) is 2. The fourth-order valence-electron chi connectivity index (χ4n) is 1.79. The number of hydrogen-bond acceptors (Lipinski definition) is 6. The maximum Gasteiger partial charge on any atom is 0.263 e. The van der Waals surface area contributed by atoms with E-state index in [0.29, 0.717) is 16.6 Å². The standard InChI is InChI=1S/C13H22N4OS2/c1-17(2)7-6-15-13-11(19-3)9(14)10(20-13)12(18)16-8-4-5-8/h8,15H,4-7,14H2,1-3H3,(H,16,18). The van der Waals surface area contributed by atoms with E-state index in [9.17, 15) is 4.79 Å². The molecular weight excluding hydrogens is 292 g/mol. The van der Waals surface area contributed by atoms with E-state index in [0.717, 1.165) is 35.8 Å². The van der Waals surface area contributed by atoms with Crippen LogP contribution in [-0.4, -0.2) is 50.3 Å². The van der Waals surface area contributed by atoms with Crippen molar-refractivity contribution in [2.24, 2.45) is 0 Å². The summed E-state index contributed by atoms with van der Waals surface area (Å²) in [5.41, 5.74) is 6.73. The minimum Gasteiger partial charge on any atom is -0.396 e. The number of thioether (sulfide) groups is 1. The van der Waals surface area contributed by atoms with Crippen molar-refractivity contribution in [1.29, 1.82) is 0 Å². The molecule has 0 unspecified atom stereocenters. The summed E-state index contributed by atoms with van der Waals surface area (Å²) in [5, 5.41) is 7.37. The van der Waals surface area contributed by atoms with Crippen LogP contribution in [0.5, 0.6) is 0 Å². The number of carbonyl (C=O) groups excluding carboxylic acids is 1. The van der Waals surface area contributed by atoms with Gasteiger partial charge in [-0.1, -0.05) is 0 Å². The molecule has 1 heterocycles. The molecule has 2 rings (SSSR count). The van der Waals surface area contributed by atoms with Gasteiger partial charge in [0.1, 0.15) is 9.88 Å². The summed E-state index contributed by atoms with van der Waals surface area (Å²) < 4.78 is 0. The van der Waals surface area contributed by atoms with Crippen molar-refractivity contribution in [3.8, 4) is 0 Å². The fourth-order valence-corrected chi connectivity index (χ4v) is 3.75. The molecule has 4 N–H and O–H groups in total. The zero-order chi connectivity index (χ0) is 14.7. The Kier molecular flexibility index (Phi) is 5.17. The molecule has 1 aromatic heterocycles. The van der Waals surface area contributed by atoms with Crippen LogP contribution in [0.1, 0.15) is 22.5 Å². The third-order valence-corrected chi connectivity index (χ3v) is 5.19. The van der Waals surface area contributed by atoms with E-state index in [1.807, 2.05) is 20.4 Å². The van der Waals surface area contributed by atoms with Crippen LogP contribution in [0.4, 0.5) is 10.7 Å². The second kappa shape index (κ2) is 6.69. The Morgan fingerprint density at radius 3 is 2.75 bits per heavy atom. The molecule has 1 amide bonds. The second-order valence-corrected chi connectivity index (χ2v) is 7.02. The van der Waals surface area contributed by atoms with Crippen molar-refractivity contribution in [2.45, 2.75) is 23.8 Å². The number of likely N-dealkylation sites (N-methyl/N-ethyl adjacent to an activating group) is 1. The number of nitrogen functional groups attached to an aromatic ring is 1. The minimum atomic E-state index is -0.0361. The molecule has 1 fully saturated rings. The molecule has 20 heavy (non-hydrogen) atoms. The van der Waals surface area contributed by atoms with E-state index < -0.39 is 0 Å². The van der Waals surface area contributed by atoms with Crippen molar-refractivity contribution >= 4 is 39.7 Å². The predicted octanol–water partition coefficient (Wildman–Crippen LogP) is 1.92. The summed E-state index contributed by atoms with van der Waals surface area (Å²) in [6.45, 7) is 1.78. The number of nitrogens with two attached hydrogens (primary N) is 1. The van der Waals surface area contributed by atoms with E-state index in [-0.39, 0.29) is 5.91 Å². The summed E-state index contributed by atoms with van der Waals surface area (Å²) in [6.07, 6.45) is 4.15. The van der Waals surface area contributed by atoms with Crippen LogP contribution in [0.15, 0.2) is 4.90 Å². The smallest absolute Gasteiger partial charge is 0.263 e. The topological polar surface area (TPSA) is 70.4 Å². The Morgan fingerprint density at radius 2 is 2.20 bits per heavy atom. The lowest BCUT2D eigenvalue weighted by Crippen LogP contribution is -2.25. The molecule has 0 atom stereocenters. The molecule has 1 aliphatic rings. The number of thiophene rings is 1. The van der Waals surface area contributed by atoms with Crippen molar-refractivity contribution in [3.05, 3.63) is 4.88 Å². The molecule has 1 aromatic rings. The lowest BCUT2D eigenvalue weighted by atomic mass is 10.3. The number of carbonyl (C=O) groups is 1. The molecule has 0 bridgehead atoms. The van der Waals surface area contributed by atoms with Gasteiger partial charge in [0.05, 0.1) is 10.6 Å². The monoisotopic (exact) mass is 314 g/mol. The molecule has 0 radical (unpaired) electrons. The van der Waals surface area contributed by atoms with E-state index in [2.05, 4.69) is 15.5 Å². The molecule has 112 valence electrons. The molecule has 0 saturated heterocycles. The van der Waals surface area contributed by atoms with Crippen LogP contribution in [0.25, 0.3) is 0 Å². The van der Waals surface area contributed by atoms with Gasteiger partial charge in [-0.2, -0.15) is 0 Å². The normalized spacial score (nSPS) is 14.6. The van der Waals surface area contributed by atoms with Gasteiger partial charge in [0.15, 0.2) is 0 Å². The third-order valence-electron chi connectivity index (χ3n) is 3.07. The summed E-state index contributed by atoms with van der Waals surface area (Å²) >= 11 is 3.04. The predicted molar refractivity (Wildman–Crippen MR) is 88.0 cm³/mol. The summed E-state index contributed by atoms with van der Waals surface area (Å²) in [7, 11) is 4.07. The summed E-state index contributed by atoms with van der Waals surface area (Å²) in [5.74, 6) is -0.0361. The number of hydrogen-bond donors (Lipinski definition) is 3. The maximum atomic E-state index is 12.2.